The number of carbonyl (C=O) groups is 4. The average molecular weight is 657 g/mol. The van der Waals surface area contributed by atoms with Gasteiger partial charge in [0, 0.05) is 25.7 Å². The molecule has 0 amide bonds. The zero-order valence-electron chi connectivity index (χ0n) is 29.8. The Morgan fingerprint density at radius 1 is 0.326 bits per heavy atom. The van der Waals surface area contributed by atoms with E-state index >= 15 is 0 Å². The van der Waals surface area contributed by atoms with Gasteiger partial charge in [0.1, 0.15) is 0 Å². The van der Waals surface area contributed by atoms with Gasteiger partial charge in [-0.05, 0) is 51.4 Å². The highest BCUT2D eigenvalue weighted by Crippen LogP contribution is 2.11. The van der Waals surface area contributed by atoms with E-state index in [4.69, 9.17) is 20.4 Å². The number of aliphatic carboxylic acids is 4. The standard InChI is InChI=1S/C18H34O2.C10H18O4.C10H20O2/c1-2-3-4-5-6-7-8-9-10-11-12-13-14-15-16-17-18(19)20;11-9(12)7-5-3-1-2-4-6-8-10(13)14;1-2-3-4-5-6-7-8-9-10(11)12/h9-10H,2-8,11-17H2,1H3,(H,19,20);1-8H2,(H,11,12)(H,13,14);2-9H2,1H3,(H,11,12)/b10-9-;;. The summed E-state index contributed by atoms with van der Waals surface area (Å²) in [4.78, 5) is 40.7. The fourth-order valence-electron chi connectivity index (χ4n) is 4.84. The van der Waals surface area contributed by atoms with Gasteiger partial charge < -0.3 is 20.4 Å². The zero-order chi connectivity index (χ0) is 34.9. The van der Waals surface area contributed by atoms with Crippen molar-refractivity contribution in [1.82, 2.24) is 0 Å². The van der Waals surface area contributed by atoms with Crippen molar-refractivity contribution < 1.29 is 39.6 Å². The molecule has 0 rings (SSSR count). The first-order valence-corrected chi connectivity index (χ1v) is 18.7. The van der Waals surface area contributed by atoms with E-state index in [9.17, 15) is 19.2 Å². The molecule has 0 saturated carbocycles. The Hall–Kier alpha value is -2.38. The molecule has 0 heterocycles. The molecule has 0 fully saturated rings. The van der Waals surface area contributed by atoms with Crippen LogP contribution < -0.4 is 0 Å². The highest BCUT2D eigenvalue weighted by molar-refractivity contribution is 5.67. The van der Waals surface area contributed by atoms with Gasteiger partial charge in [0.05, 0.1) is 0 Å². The summed E-state index contributed by atoms with van der Waals surface area (Å²) in [6.45, 7) is 4.46. The molecule has 0 aliphatic rings. The van der Waals surface area contributed by atoms with Crippen molar-refractivity contribution in [3.05, 3.63) is 12.2 Å². The number of rotatable bonds is 32. The Morgan fingerprint density at radius 2 is 0.522 bits per heavy atom. The van der Waals surface area contributed by atoms with Crippen LogP contribution in [0.5, 0.6) is 0 Å². The van der Waals surface area contributed by atoms with Crippen molar-refractivity contribution in [2.45, 2.75) is 206 Å². The minimum Gasteiger partial charge on any atom is -0.481 e. The van der Waals surface area contributed by atoms with E-state index in [0.29, 0.717) is 12.8 Å². The van der Waals surface area contributed by atoms with Gasteiger partial charge in [-0.2, -0.15) is 0 Å². The summed E-state index contributed by atoms with van der Waals surface area (Å²) >= 11 is 0. The van der Waals surface area contributed by atoms with Gasteiger partial charge in [-0.1, -0.05) is 142 Å². The third-order valence-corrected chi connectivity index (χ3v) is 7.68. The van der Waals surface area contributed by atoms with Crippen molar-refractivity contribution in [3.8, 4) is 0 Å². The largest absolute Gasteiger partial charge is 0.481 e. The molecular weight excluding hydrogens is 584 g/mol. The van der Waals surface area contributed by atoms with Crippen molar-refractivity contribution in [1.29, 1.82) is 0 Å². The molecule has 0 aromatic rings. The van der Waals surface area contributed by atoms with E-state index in [-0.39, 0.29) is 12.8 Å². The summed E-state index contributed by atoms with van der Waals surface area (Å²) in [5.74, 6) is -2.81. The van der Waals surface area contributed by atoms with Crippen molar-refractivity contribution in [2.75, 3.05) is 0 Å². The van der Waals surface area contributed by atoms with Crippen LogP contribution >= 0.6 is 0 Å². The Bertz CT molecular complexity index is 685. The summed E-state index contributed by atoms with van der Waals surface area (Å²) in [6.07, 6.45) is 35.7. The summed E-state index contributed by atoms with van der Waals surface area (Å²) in [5.41, 5.74) is 0. The number of carboxylic acid groups (broad SMARTS) is 4. The molecule has 0 aliphatic carbocycles. The lowest BCUT2D eigenvalue weighted by molar-refractivity contribution is -0.138. The smallest absolute Gasteiger partial charge is 0.303 e. The molecule has 0 aliphatic heterocycles. The van der Waals surface area contributed by atoms with Gasteiger partial charge in [-0.3, -0.25) is 19.2 Å². The number of hydrogen-bond acceptors (Lipinski definition) is 4. The molecule has 0 spiro atoms. The number of allylic oxidation sites excluding steroid dienone is 2. The second-order valence-electron chi connectivity index (χ2n) is 12.4. The maximum absolute atomic E-state index is 10.3. The molecule has 8 nitrogen and oxygen atoms in total. The minimum atomic E-state index is -0.740. The Labute approximate surface area is 281 Å². The monoisotopic (exact) mass is 657 g/mol. The molecule has 8 heteroatoms. The number of hydrogen-bond donors (Lipinski definition) is 4. The molecule has 272 valence electrons. The highest BCUT2D eigenvalue weighted by Gasteiger charge is 1.99. The predicted octanol–water partition coefficient (Wildman–Crippen LogP) is 11.6. The fourth-order valence-corrected chi connectivity index (χ4v) is 4.84. The summed E-state index contributed by atoms with van der Waals surface area (Å²) in [7, 11) is 0. The van der Waals surface area contributed by atoms with Crippen molar-refractivity contribution in [3.63, 3.8) is 0 Å². The Kier molecular flexibility index (Phi) is 44.5. The maximum Gasteiger partial charge on any atom is 0.303 e. The van der Waals surface area contributed by atoms with Crippen LogP contribution in [0.15, 0.2) is 12.2 Å². The van der Waals surface area contributed by atoms with Crippen LogP contribution in [0, 0.1) is 0 Å². The molecule has 0 aromatic heterocycles. The third-order valence-electron chi connectivity index (χ3n) is 7.68. The predicted molar refractivity (Wildman–Crippen MR) is 190 cm³/mol. The molecule has 0 bridgehead atoms. The molecule has 4 N–H and O–H groups in total. The van der Waals surface area contributed by atoms with Gasteiger partial charge in [-0.15, -0.1) is 0 Å². The van der Waals surface area contributed by atoms with Crippen LogP contribution in [0.2, 0.25) is 0 Å². The first-order chi connectivity index (χ1) is 22.2. The van der Waals surface area contributed by atoms with Gasteiger partial charge in [0.2, 0.25) is 0 Å². The molecule has 0 unspecified atom stereocenters. The van der Waals surface area contributed by atoms with E-state index in [1.165, 1.54) is 103 Å². The van der Waals surface area contributed by atoms with Gasteiger partial charge in [0.25, 0.3) is 0 Å². The average Bonchev–Trinajstić information content (AvgIpc) is 3.00. The summed E-state index contributed by atoms with van der Waals surface area (Å²) in [5, 5.41) is 33.6. The fraction of sp³-hybridized carbons (Fsp3) is 0.842. The Balaban J connectivity index is -0.000000628. The van der Waals surface area contributed by atoms with Crippen LogP contribution in [0.25, 0.3) is 0 Å². The van der Waals surface area contributed by atoms with E-state index in [1.807, 2.05) is 0 Å². The second-order valence-corrected chi connectivity index (χ2v) is 12.4. The van der Waals surface area contributed by atoms with E-state index in [0.717, 1.165) is 64.2 Å². The first kappa shape index (κ1) is 48.0. The highest BCUT2D eigenvalue weighted by atomic mass is 16.4. The molecule has 0 aromatic carbocycles. The van der Waals surface area contributed by atoms with Crippen LogP contribution in [0.3, 0.4) is 0 Å². The summed E-state index contributed by atoms with van der Waals surface area (Å²) < 4.78 is 0. The quantitative estimate of drug-likeness (QED) is 0.0412. The Morgan fingerprint density at radius 3 is 0.739 bits per heavy atom. The first-order valence-electron chi connectivity index (χ1n) is 18.7. The van der Waals surface area contributed by atoms with E-state index < -0.39 is 23.9 Å². The molecular formula is C38H72O8. The van der Waals surface area contributed by atoms with Crippen LogP contribution in [-0.4, -0.2) is 44.3 Å². The van der Waals surface area contributed by atoms with Crippen LogP contribution in [-0.2, 0) is 19.2 Å². The van der Waals surface area contributed by atoms with Gasteiger partial charge >= 0.3 is 23.9 Å². The van der Waals surface area contributed by atoms with Crippen molar-refractivity contribution in [2.24, 2.45) is 0 Å². The lowest BCUT2D eigenvalue weighted by Gasteiger charge is -1.99. The number of unbranched alkanes of at least 4 members (excludes halogenated alkanes) is 22. The van der Waals surface area contributed by atoms with Gasteiger partial charge in [-0.25, -0.2) is 0 Å². The SMILES string of the molecule is CCCCCCCC/C=C\CCCCCCCC(=O)O.CCCCCCCCCC(=O)O.O=C(O)CCCCCCCCC(=O)O. The molecule has 0 atom stereocenters. The summed E-state index contributed by atoms with van der Waals surface area (Å²) in [6, 6.07) is 0. The van der Waals surface area contributed by atoms with E-state index in [2.05, 4.69) is 26.0 Å². The van der Waals surface area contributed by atoms with Crippen LogP contribution in [0.4, 0.5) is 0 Å². The number of carboxylic acids is 4. The zero-order valence-corrected chi connectivity index (χ0v) is 29.8. The minimum absolute atomic E-state index is 0.245. The second kappa shape index (κ2) is 42.6. The molecule has 0 radical (unpaired) electrons. The van der Waals surface area contributed by atoms with E-state index in [1.54, 1.807) is 0 Å². The molecule has 46 heavy (non-hydrogen) atoms. The lowest BCUT2D eigenvalue weighted by Crippen LogP contribution is -1.94. The molecule has 0 saturated heterocycles. The maximum atomic E-state index is 10.3. The van der Waals surface area contributed by atoms with Gasteiger partial charge in [0.15, 0.2) is 0 Å². The van der Waals surface area contributed by atoms with Crippen molar-refractivity contribution >= 4 is 23.9 Å². The normalized spacial score (nSPS) is 10.6. The van der Waals surface area contributed by atoms with Crippen LogP contribution in [0.1, 0.15) is 206 Å². The third kappa shape index (κ3) is 57.3. The lowest BCUT2D eigenvalue weighted by atomic mass is 10.1. The topological polar surface area (TPSA) is 149 Å².